The van der Waals surface area contributed by atoms with Gasteiger partial charge in [0.2, 0.25) is 0 Å². The minimum Gasteiger partial charge on any atom is -0.337 e. The summed E-state index contributed by atoms with van der Waals surface area (Å²) in [7, 11) is 0. The van der Waals surface area contributed by atoms with Crippen LogP contribution in [-0.2, 0) is 13.1 Å². The molecule has 0 spiro atoms. The molecule has 1 N–H and O–H groups in total. The second-order valence-electron chi connectivity index (χ2n) is 4.26. The number of aromatic nitrogens is 5. The van der Waals surface area contributed by atoms with E-state index >= 15 is 0 Å². The van der Waals surface area contributed by atoms with Crippen molar-refractivity contribution in [1.82, 2.24) is 24.1 Å². The molecule has 0 aliphatic carbocycles. The lowest BCUT2D eigenvalue weighted by atomic mass is 10.4. The fourth-order valence-corrected chi connectivity index (χ4v) is 2.67. The molecular formula is C12H12BrN5S. The number of aromatic amines is 1. The maximum absolute atomic E-state index is 5.34. The smallest absolute Gasteiger partial charge is 0.179 e. The zero-order valence-corrected chi connectivity index (χ0v) is 12.5. The predicted octanol–water partition coefficient (Wildman–Crippen LogP) is 3.14. The average molecular weight is 338 g/mol. The van der Waals surface area contributed by atoms with E-state index in [9.17, 15) is 0 Å². The molecule has 7 heteroatoms. The molecule has 0 bridgehead atoms. The van der Waals surface area contributed by atoms with Gasteiger partial charge in [0.05, 0.1) is 11.8 Å². The maximum atomic E-state index is 5.34. The van der Waals surface area contributed by atoms with Crippen LogP contribution in [0.25, 0.3) is 11.2 Å². The molecule has 3 heterocycles. The van der Waals surface area contributed by atoms with Crippen molar-refractivity contribution in [3.05, 3.63) is 40.2 Å². The van der Waals surface area contributed by atoms with Gasteiger partial charge in [-0.15, -0.1) is 0 Å². The molecule has 98 valence electrons. The van der Waals surface area contributed by atoms with E-state index in [1.165, 1.54) is 0 Å². The molecule has 3 rings (SSSR count). The van der Waals surface area contributed by atoms with Crippen molar-refractivity contribution >= 4 is 39.3 Å². The normalized spacial score (nSPS) is 11.2. The van der Waals surface area contributed by atoms with E-state index in [0.29, 0.717) is 4.77 Å². The molecule has 3 aromatic rings. The van der Waals surface area contributed by atoms with Gasteiger partial charge < -0.3 is 14.1 Å². The molecule has 0 fully saturated rings. The molecule has 0 saturated heterocycles. The Balaban J connectivity index is 1.80. The van der Waals surface area contributed by atoms with E-state index < -0.39 is 0 Å². The number of nitrogens with one attached hydrogen (secondary N) is 1. The van der Waals surface area contributed by atoms with Crippen LogP contribution >= 0.6 is 28.1 Å². The Morgan fingerprint density at radius 1 is 1.37 bits per heavy atom. The molecule has 0 aliphatic heterocycles. The fraction of sp³-hybridized carbons (Fsp3) is 0.250. The predicted molar refractivity (Wildman–Crippen MR) is 79.5 cm³/mol. The van der Waals surface area contributed by atoms with Crippen LogP contribution in [0, 0.1) is 4.77 Å². The lowest BCUT2D eigenvalue weighted by molar-refractivity contribution is 0.566. The zero-order valence-electron chi connectivity index (χ0n) is 10.1. The van der Waals surface area contributed by atoms with Crippen LogP contribution in [0.5, 0.6) is 0 Å². The highest BCUT2D eigenvalue weighted by Gasteiger charge is 2.05. The first-order chi connectivity index (χ1) is 9.24. The SMILES string of the molecule is S=c1[nH]c2cc(Br)cnc2n1CCCn1ccnc1. The molecule has 0 atom stereocenters. The van der Waals surface area contributed by atoms with Crippen molar-refractivity contribution in [3.8, 4) is 0 Å². The summed E-state index contributed by atoms with van der Waals surface area (Å²) in [6.45, 7) is 1.76. The number of halogens is 1. The fourth-order valence-electron chi connectivity index (χ4n) is 2.06. The van der Waals surface area contributed by atoms with Gasteiger partial charge in [-0.3, -0.25) is 0 Å². The minimum atomic E-state index is 0.714. The first-order valence-electron chi connectivity index (χ1n) is 5.94. The summed E-state index contributed by atoms with van der Waals surface area (Å²) in [5.41, 5.74) is 1.86. The van der Waals surface area contributed by atoms with Crippen LogP contribution in [0.15, 0.2) is 35.5 Å². The second-order valence-corrected chi connectivity index (χ2v) is 5.56. The molecule has 0 saturated carbocycles. The summed E-state index contributed by atoms with van der Waals surface area (Å²) in [6.07, 6.45) is 8.34. The Morgan fingerprint density at radius 3 is 3.05 bits per heavy atom. The number of aryl methyl sites for hydroxylation is 2. The third kappa shape index (κ3) is 2.62. The van der Waals surface area contributed by atoms with Crippen LogP contribution in [0.4, 0.5) is 0 Å². The summed E-state index contributed by atoms with van der Waals surface area (Å²) in [4.78, 5) is 11.6. The van der Waals surface area contributed by atoms with Crippen molar-refractivity contribution < 1.29 is 0 Å². The third-order valence-corrected chi connectivity index (χ3v) is 3.69. The molecule has 0 radical (unpaired) electrons. The van der Waals surface area contributed by atoms with Gasteiger partial charge >= 0.3 is 0 Å². The van der Waals surface area contributed by atoms with Crippen LogP contribution in [0.2, 0.25) is 0 Å². The van der Waals surface area contributed by atoms with Gasteiger partial charge in [-0.1, -0.05) is 0 Å². The van der Waals surface area contributed by atoms with Crippen molar-refractivity contribution in [3.63, 3.8) is 0 Å². The first-order valence-corrected chi connectivity index (χ1v) is 7.14. The molecule has 0 aliphatic rings. The van der Waals surface area contributed by atoms with Crippen LogP contribution in [-0.4, -0.2) is 24.1 Å². The summed E-state index contributed by atoms with van der Waals surface area (Å²) < 4.78 is 5.75. The van der Waals surface area contributed by atoms with Crippen LogP contribution < -0.4 is 0 Å². The number of imidazole rings is 2. The third-order valence-electron chi connectivity index (χ3n) is 2.93. The Morgan fingerprint density at radius 2 is 2.26 bits per heavy atom. The molecule has 5 nitrogen and oxygen atoms in total. The zero-order chi connectivity index (χ0) is 13.2. The van der Waals surface area contributed by atoms with Gasteiger partial charge in [0.25, 0.3) is 0 Å². The average Bonchev–Trinajstić information content (AvgIpc) is 2.98. The van der Waals surface area contributed by atoms with Gasteiger partial charge in [0, 0.05) is 36.2 Å². The Kier molecular flexibility index (Phi) is 3.48. The Labute approximate surface area is 123 Å². The minimum absolute atomic E-state index is 0.714. The lowest BCUT2D eigenvalue weighted by Gasteiger charge is -2.04. The number of H-pyrrole nitrogens is 1. The highest BCUT2D eigenvalue weighted by molar-refractivity contribution is 9.10. The Bertz CT molecular complexity index is 743. The quantitative estimate of drug-likeness (QED) is 0.744. The standard InChI is InChI=1S/C12H12BrN5S/c13-9-6-10-11(15-7-9)18(12(19)16-10)4-1-3-17-5-2-14-8-17/h2,5-8H,1,3-4H2,(H,16,19). The topological polar surface area (TPSA) is 51.4 Å². The lowest BCUT2D eigenvalue weighted by Crippen LogP contribution is -2.03. The number of hydrogen-bond donors (Lipinski definition) is 1. The van der Waals surface area contributed by atoms with E-state index in [0.717, 1.165) is 35.1 Å². The van der Waals surface area contributed by atoms with Gasteiger partial charge in [0.1, 0.15) is 0 Å². The number of nitrogens with zero attached hydrogens (tertiary/aromatic N) is 4. The number of fused-ring (bicyclic) bond motifs is 1. The summed E-state index contributed by atoms with van der Waals surface area (Å²) in [5.74, 6) is 0. The van der Waals surface area contributed by atoms with E-state index in [4.69, 9.17) is 12.2 Å². The molecule has 19 heavy (non-hydrogen) atoms. The highest BCUT2D eigenvalue weighted by atomic mass is 79.9. The van der Waals surface area contributed by atoms with E-state index in [-0.39, 0.29) is 0 Å². The maximum Gasteiger partial charge on any atom is 0.179 e. The Hall–Kier alpha value is -1.47. The molecule has 0 amide bonds. The van der Waals surface area contributed by atoms with Crippen molar-refractivity contribution in [2.24, 2.45) is 0 Å². The van der Waals surface area contributed by atoms with Crippen LogP contribution in [0.3, 0.4) is 0 Å². The summed E-state index contributed by atoms with van der Waals surface area (Å²) >= 11 is 8.75. The summed E-state index contributed by atoms with van der Waals surface area (Å²) in [6, 6.07) is 1.99. The van der Waals surface area contributed by atoms with Crippen molar-refractivity contribution in [1.29, 1.82) is 0 Å². The van der Waals surface area contributed by atoms with Gasteiger partial charge in [-0.05, 0) is 40.6 Å². The summed E-state index contributed by atoms with van der Waals surface area (Å²) in [5, 5.41) is 0. The van der Waals surface area contributed by atoms with E-state index in [2.05, 4.69) is 35.4 Å². The second kappa shape index (κ2) is 5.26. The van der Waals surface area contributed by atoms with Gasteiger partial charge in [0.15, 0.2) is 10.4 Å². The highest BCUT2D eigenvalue weighted by Crippen LogP contribution is 2.17. The van der Waals surface area contributed by atoms with Crippen molar-refractivity contribution in [2.45, 2.75) is 19.5 Å². The van der Waals surface area contributed by atoms with Crippen LogP contribution in [0.1, 0.15) is 6.42 Å². The monoisotopic (exact) mass is 337 g/mol. The molecule has 0 unspecified atom stereocenters. The molecule has 0 aromatic carbocycles. The van der Waals surface area contributed by atoms with E-state index in [1.807, 2.05) is 23.2 Å². The van der Waals surface area contributed by atoms with Gasteiger partial charge in [-0.2, -0.15) is 0 Å². The van der Waals surface area contributed by atoms with Gasteiger partial charge in [-0.25, -0.2) is 9.97 Å². The molecular weight excluding hydrogens is 326 g/mol. The number of rotatable bonds is 4. The number of pyridine rings is 1. The van der Waals surface area contributed by atoms with Crippen molar-refractivity contribution in [2.75, 3.05) is 0 Å². The first kappa shape index (κ1) is 12.6. The largest absolute Gasteiger partial charge is 0.337 e. The number of hydrogen-bond acceptors (Lipinski definition) is 3. The van der Waals surface area contributed by atoms with E-state index in [1.54, 1.807) is 12.4 Å². The molecule has 3 aromatic heterocycles.